The Kier molecular flexibility index (Phi) is 5.88. The minimum atomic E-state index is 0.816. The van der Waals surface area contributed by atoms with Gasteiger partial charge in [-0.15, -0.1) is 0 Å². The van der Waals surface area contributed by atoms with Crippen molar-refractivity contribution in [2.75, 3.05) is 44.8 Å². The molecule has 1 fully saturated rings. The summed E-state index contributed by atoms with van der Waals surface area (Å²) in [6.45, 7) is 7.85. The number of hydrogen-bond donors (Lipinski definition) is 1. The standard InChI is InChI=1S/C19H28N4O/c1-3-4-9-22(2)15-17-14-20-21-19(17)16-5-7-18(8-6-16)23-10-12-24-13-11-23/h5-8,14H,3-4,9-13,15H2,1-2H3,(H,20,21). The number of ether oxygens (including phenoxy) is 1. The highest BCUT2D eigenvalue weighted by Gasteiger charge is 2.13. The fourth-order valence-corrected chi connectivity index (χ4v) is 3.14. The first-order valence-electron chi connectivity index (χ1n) is 8.92. The van der Waals surface area contributed by atoms with Crippen LogP contribution in [0.15, 0.2) is 30.5 Å². The van der Waals surface area contributed by atoms with Crippen molar-refractivity contribution < 1.29 is 4.74 Å². The van der Waals surface area contributed by atoms with Gasteiger partial charge >= 0.3 is 0 Å². The van der Waals surface area contributed by atoms with Gasteiger partial charge in [0.1, 0.15) is 0 Å². The largest absolute Gasteiger partial charge is 0.378 e. The summed E-state index contributed by atoms with van der Waals surface area (Å²) in [6, 6.07) is 8.78. The highest BCUT2D eigenvalue weighted by atomic mass is 16.5. The topological polar surface area (TPSA) is 44.4 Å². The zero-order valence-electron chi connectivity index (χ0n) is 14.8. The summed E-state index contributed by atoms with van der Waals surface area (Å²) in [4.78, 5) is 4.74. The van der Waals surface area contributed by atoms with Gasteiger partial charge in [-0.2, -0.15) is 5.10 Å². The van der Waals surface area contributed by atoms with E-state index >= 15 is 0 Å². The molecule has 1 saturated heterocycles. The number of unbranched alkanes of at least 4 members (excludes halogenated alkanes) is 1. The van der Waals surface area contributed by atoms with Gasteiger partial charge in [0.15, 0.2) is 0 Å². The van der Waals surface area contributed by atoms with Crippen LogP contribution >= 0.6 is 0 Å². The van der Waals surface area contributed by atoms with Gasteiger partial charge < -0.3 is 14.5 Å². The van der Waals surface area contributed by atoms with E-state index in [1.807, 2.05) is 6.20 Å². The Bertz CT molecular complexity index is 617. The van der Waals surface area contributed by atoms with Gasteiger partial charge in [0.2, 0.25) is 0 Å². The molecule has 0 atom stereocenters. The van der Waals surface area contributed by atoms with Crippen molar-refractivity contribution in [1.82, 2.24) is 15.1 Å². The molecule has 5 nitrogen and oxygen atoms in total. The molecule has 2 heterocycles. The van der Waals surface area contributed by atoms with Gasteiger partial charge in [-0.25, -0.2) is 0 Å². The van der Waals surface area contributed by atoms with E-state index in [1.54, 1.807) is 0 Å². The number of nitrogens with zero attached hydrogens (tertiary/aromatic N) is 3. The number of H-pyrrole nitrogens is 1. The van der Waals surface area contributed by atoms with E-state index in [-0.39, 0.29) is 0 Å². The van der Waals surface area contributed by atoms with Gasteiger partial charge in [0.05, 0.1) is 25.1 Å². The maximum absolute atomic E-state index is 5.42. The molecule has 0 saturated carbocycles. The predicted octanol–water partition coefficient (Wildman–Crippen LogP) is 3.15. The highest BCUT2D eigenvalue weighted by Crippen LogP contribution is 2.25. The summed E-state index contributed by atoms with van der Waals surface area (Å²) in [5.41, 5.74) is 4.85. The molecule has 130 valence electrons. The molecule has 1 aliphatic heterocycles. The zero-order chi connectivity index (χ0) is 16.8. The van der Waals surface area contributed by atoms with Gasteiger partial charge in [0.25, 0.3) is 0 Å². The maximum atomic E-state index is 5.42. The number of nitrogens with one attached hydrogen (secondary N) is 1. The second kappa shape index (κ2) is 8.31. The van der Waals surface area contributed by atoms with Crippen LogP contribution in [0.25, 0.3) is 11.3 Å². The molecule has 24 heavy (non-hydrogen) atoms. The average Bonchev–Trinajstić information content (AvgIpc) is 3.09. The number of aromatic amines is 1. The Balaban J connectivity index is 1.69. The van der Waals surface area contributed by atoms with E-state index in [1.165, 1.54) is 29.7 Å². The molecule has 2 aromatic rings. The van der Waals surface area contributed by atoms with Crippen LogP contribution < -0.4 is 4.90 Å². The number of benzene rings is 1. The Hall–Kier alpha value is -1.85. The molecular formula is C19H28N4O. The molecule has 3 rings (SSSR count). The third-order valence-corrected chi connectivity index (χ3v) is 4.58. The smallest absolute Gasteiger partial charge is 0.0695 e. The molecular weight excluding hydrogens is 300 g/mol. The van der Waals surface area contributed by atoms with Crippen molar-refractivity contribution in [2.24, 2.45) is 0 Å². The van der Waals surface area contributed by atoms with Crippen LogP contribution in [-0.2, 0) is 11.3 Å². The van der Waals surface area contributed by atoms with E-state index in [9.17, 15) is 0 Å². The van der Waals surface area contributed by atoms with E-state index in [4.69, 9.17) is 4.74 Å². The number of anilines is 1. The number of aromatic nitrogens is 2. The van der Waals surface area contributed by atoms with Crippen molar-refractivity contribution in [3.63, 3.8) is 0 Å². The molecule has 0 amide bonds. The first-order valence-corrected chi connectivity index (χ1v) is 8.92. The van der Waals surface area contributed by atoms with Crippen LogP contribution in [0, 0.1) is 0 Å². The van der Waals surface area contributed by atoms with Gasteiger partial charge in [0, 0.05) is 36.4 Å². The molecule has 1 aromatic heterocycles. The third-order valence-electron chi connectivity index (χ3n) is 4.58. The summed E-state index contributed by atoms with van der Waals surface area (Å²) in [5, 5.41) is 7.44. The lowest BCUT2D eigenvalue weighted by molar-refractivity contribution is 0.122. The fourth-order valence-electron chi connectivity index (χ4n) is 3.14. The van der Waals surface area contributed by atoms with Crippen LogP contribution in [0.4, 0.5) is 5.69 Å². The maximum Gasteiger partial charge on any atom is 0.0695 e. The Morgan fingerprint density at radius 2 is 1.96 bits per heavy atom. The number of rotatable bonds is 7. The minimum absolute atomic E-state index is 0.816. The monoisotopic (exact) mass is 328 g/mol. The van der Waals surface area contributed by atoms with Crippen molar-refractivity contribution in [1.29, 1.82) is 0 Å². The minimum Gasteiger partial charge on any atom is -0.378 e. The molecule has 5 heteroatoms. The third kappa shape index (κ3) is 4.16. The Labute approximate surface area is 144 Å². The van der Waals surface area contributed by atoms with Crippen LogP contribution in [-0.4, -0.2) is 55.0 Å². The molecule has 0 spiro atoms. The Morgan fingerprint density at radius 1 is 1.21 bits per heavy atom. The van der Waals surface area contributed by atoms with Gasteiger partial charge in [-0.1, -0.05) is 25.5 Å². The zero-order valence-corrected chi connectivity index (χ0v) is 14.8. The molecule has 0 unspecified atom stereocenters. The van der Waals surface area contributed by atoms with Crippen molar-refractivity contribution in [3.05, 3.63) is 36.0 Å². The molecule has 0 aliphatic carbocycles. The number of morpholine rings is 1. The normalized spacial score (nSPS) is 15.2. The molecule has 1 aliphatic rings. The summed E-state index contributed by atoms with van der Waals surface area (Å²) in [5.74, 6) is 0. The summed E-state index contributed by atoms with van der Waals surface area (Å²) < 4.78 is 5.42. The van der Waals surface area contributed by atoms with Gasteiger partial charge in [-0.3, -0.25) is 5.10 Å². The second-order valence-corrected chi connectivity index (χ2v) is 6.51. The predicted molar refractivity (Wildman–Crippen MR) is 98.3 cm³/mol. The quantitative estimate of drug-likeness (QED) is 0.848. The average molecular weight is 328 g/mol. The molecule has 1 N–H and O–H groups in total. The number of hydrogen-bond acceptors (Lipinski definition) is 4. The van der Waals surface area contributed by atoms with Crippen LogP contribution in [0.1, 0.15) is 25.3 Å². The van der Waals surface area contributed by atoms with Crippen LogP contribution in [0.3, 0.4) is 0 Å². The SMILES string of the molecule is CCCCN(C)Cc1cn[nH]c1-c1ccc(N2CCOCC2)cc1. The van der Waals surface area contributed by atoms with Crippen molar-refractivity contribution >= 4 is 5.69 Å². The molecule has 0 radical (unpaired) electrons. The van der Waals surface area contributed by atoms with Crippen molar-refractivity contribution in [3.8, 4) is 11.3 Å². The first-order chi connectivity index (χ1) is 11.8. The highest BCUT2D eigenvalue weighted by molar-refractivity contribution is 5.65. The van der Waals surface area contributed by atoms with E-state index in [0.717, 1.165) is 45.1 Å². The van der Waals surface area contributed by atoms with Crippen LogP contribution in [0.5, 0.6) is 0 Å². The van der Waals surface area contributed by atoms with Crippen molar-refractivity contribution in [2.45, 2.75) is 26.3 Å². The lowest BCUT2D eigenvalue weighted by Crippen LogP contribution is -2.36. The van der Waals surface area contributed by atoms with E-state index in [0.29, 0.717) is 0 Å². The summed E-state index contributed by atoms with van der Waals surface area (Å²) >= 11 is 0. The Morgan fingerprint density at radius 3 is 2.67 bits per heavy atom. The van der Waals surface area contributed by atoms with Crippen LogP contribution in [0.2, 0.25) is 0 Å². The summed E-state index contributed by atoms with van der Waals surface area (Å²) in [6.07, 6.45) is 4.41. The lowest BCUT2D eigenvalue weighted by atomic mass is 10.1. The molecule has 1 aromatic carbocycles. The second-order valence-electron chi connectivity index (χ2n) is 6.51. The first kappa shape index (κ1) is 17.0. The van der Waals surface area contributed by atoms with Gasteiger partial charge in [-0.05, 0) is 32.1 Å². The summed E-state index contributed by atoms with van der Waals surface area (Å²) in [7, 11) is 2.17. The van der Waals surface area contributed by atoms with E-state index in [2.05, 4.69) is 58.2 Å². The fraction of sp³-hybridized carbons (Fsp3) is 0.526. The lowest BCUT2D eigenvalue weighted by Gasteiger charge is -2.28. The van der Waals surface area contributed by atoms with E-state index < -0.39 is 0 Å². The molecule has 0 bridgehead atoms.